The summed E-state index contributed by atoms with van der Waals surface area (Å²) in [5.74, 6) is 0.706. The van der Waals surface area contributed by atoms with Gasteiger partial charge in [0.25, 0.3) is 0 Å². The molecule has 0 aliphatic carbocycles. The van der Waals surface area contributed by atoms with Crippen LogP contribution in [0.1, 0.15) is 13.8 Å². The van der Waals surface area contributed by atoms with Crippen molar-refractivity contribution in [1.29, 1.82) is 0 Å². The molecule has 2 heteroatoms. The third kappa shape index (κ3) is 0.619. The summed E-state index contributed by atoms with van der Waals surface area (Å²) in [6.45, 7) is 4.07. The van der Waals surface area contributed by atoms with E-state index in [1.165, 1.54) is 0 Å². The van der Waals surface area contributed by atoms with Crippen molar-refractivity contribution in [2.75, 3.05) is 0 Å². The molecule has 0 aromatic heterocycles. The molecule has 1 rings (SSSR count). The van der Waals surface area contributed by atoms with E-state index in [0.29, 0.717) is 5.84 Å². The summed E-state index contributed by atoms with van der Waals surface area (Å²) in [5.41, 5.74) is 5.50. The lowest BCUT2D eigenvalue weighted by atomic mass is 9.94. The molecular weight excluding hydrogens is 100 g/mol. The fourth-order valence-corrected chi connectivity index (χ4v) is 0.556. The Morgan fingerprint density at radius 2 is 2.25 bits per heavy atom. The summed E-state index contributed by atoms with van der Waals surface area (Å²) in [4.78, 5) is 3.90. The van der Waals surface area contributed by atoms with E-state index in [4.69, 9.17) is 5.73 Å². The van der Waals surface area contributed by atoms with Gasteiger partial charge in [-0.25, -0.2) is 4.99 Å². The molecule has 1 heterocycles. The average molecular weight is 110 g/mol. The van der Waals surface area contributed by atoms with Gasteiger partial charge in [0.15, 0.2) is 0 Å². The van der Waals surface area contributed by atoms with E-state index in [2.05, 4.69) is 4.99 Å². The predicted molar refractivity (Wildman–Crippen MR) is 34.5 cm³/mol. The topological polar surface area (TPSA) is 38.4 Å². The zero-order valence-electron chi connectivity index (χ0n) is 5.18. The standard InChI is InChI=1S/C6H10N2/c1-6(2)3-4-8-5(6)7/h3-4H,1-2H3,(H2,7,8). The van der Waals surface area contributed by atoms with Crippen LogP contribution in [0.2, 0.25) is 0 Å². The van der Waals surface area contributed by atoms with Crippen molar-refractivity contribution in [2.24, 2.45) is 16.1 Å². The van der Waals surface area contributed by atoms with E-state index in [0.717, 1.165) is 0 Å². The first-order chi connectivity index (χ1) is 3.63. The molecule has 0 unspecified atom stereocenters. The molecule has 0 bridgehead atoms. The quantitative estimate of drug-likeness (QED) is 0.494. The molecule has 0 atom stereocenters. The van der Waals surface area contributed by atoms with Gasteiger partial charge >= 0.3 is 0 Å². The molecule has 0 spiro atoms. The van der Waals surface area contributed by atoms with E-state index < -0.39 is 0 Å². The smallest absolute Gasteiger partial charge is 0.108 e. The maximum absolute atomic E-state index is 5.50. The largest absolute Gasteiger partial charge is 0.386 e. The van der Waals surface area contributed by atoms with Crippen LogP contribution in [-0.2, 0) is 0 Å². The molecule has 0 amide bonds. The van der Waals surface area contributed by atoms with Gasteiger partial charge in [0.05, 0.1) is 0 Å². The number of nitrogens with zero attached hydrogens (tertiary/aromatic N) is 1. The first-order valence-corrected chi connectivity index (χ1v) is 2.64. The van der Waals surface area contributed by atoms with Crippen LogP contribution in [0.5, 0.6) is 0 Å². The van der Waals surface area contributed by atoms with Crippen molar-refractivity contribution < 1.29 is 0 Å². The van der Waals surface area contributed by atoms with Gasteiger partial charge in [-0.2, -0.15) is 0 Å². The molecule has 0 saturated heterocycles. The lowest BCUT2D eigenvalue weighted by Crippen LogP contribution is -2.26. The number of rotatable bonds is 0. The second kappa shape index (κ2) is 1.34. The minimum Gasteiger partial charge on any atom is -0.386 e. The van der Waals surface area contributed by atoms with Crippen molar-refractivity contribution in [3.63, 3.8) is 0 Å². The van der Waals surface area contributed by atoms with Crippen molar-refractivity contribution in [3.8, 4) is 0 Å². The van der Waals surface area contributed by atoms with Crippen LogP contribution in [0.25, 0.3) is 0 Å². The van der Waals surface area contributed by atoms with E-state index in [9.17, 15) is 0 Å². The molecule has 0 aromatic carbocycles. The van der Waals surface area contributed by atoms with Crippen molar-refractivity contribution in [1.82, 2.24) is 0 Å². The molecule has 0 aromatic rings. The van der Waals surface area contributed by atoms with Crippen LogP contribution in [0.15, 0.2) is 17.3 Å². The van der Waals surface area contributed by atoms with Gasteiger partial charge in [-0.05, 0) is 13.8 Å². The Kier molecular flexibility index (Phi) is 0.897. The highest BCUT2D eigenvalue weighted by molar-refractivity contribution is 5.89. The molecule has 0 radical (unpaired) electrons. The van der Waals surface area contributed by atoms with Gasteiger partial charge < -0.3 is 5.73 Å². The summed E-state index contributed by atoms with van der Waals surface area (Å²) in [6, 6.07) is 0. The summed E-state index contributed by atoms with van der Waals surface area (Å²) < 4.78 is 0. The average Bonchev–Trinajstić information content (AvgIpc) is 1.86. The number of hydrogen-bond acceptors (Lipinski definition) is 2. The Labute approximate surface area is 49.1 Å². The molecule has 0 saturated carbocycles. The van der Waals surface area contributed by atoms with Crippen LogP contribution in [0, 0.1) is 5.41 Å². The van der Waals surface area contributed by atoms with Gasteiger partial charge in [0.2, 0.25) is 0 Å². The van der Waals surface area contributed by atoms with Gasteiger partial charge in [-0.1, -0.05) is 6.08 Å². The van der Waals surface area contributed by atoms with E-state index in [-0.39, 0.29) is 5.41 Å². The first kappa shape index (κ1) is 5.35. The molecule has 2 N–H and O–H groups in total. The van der Waals surface area contributed by atoms with Gasteiger partial charge in [-0.15, -0.1) is 0 Å². The maximum Gasteiger partial charge on any atom is 0.108 e. The summed E-state index contributed by atoms with van der Waals surface area (Å²) >= 11 is 0. The minimum absolute atomic E-state index is 0. The lowest BCUT2D eigenvalue weighted by Gasteiger charge is -2.12. The summed E-state index contributed by atoms with van der Waals surface area (Å²) in [7, 11) is 0. The predicted octanol–water partition coefficient (Wildman–Crippen LogP) is 0.897. The second-order valence-corrected chi connectivity index (χ2v) is 2.55. The van der Waals surface area contributed by atoms with Crippen LogP contribution >= 0.6 is 0 Å². The van der Waals surface area contributed by atoms with Crippen LogP contribution < -0.4 is 5.73 Å². The second-order valence-electron chi connectivity index (χ2n) is 2.55. The Bertz CT molecular complexity index is 154. The zero-order valence-corrected chi connectivity index (χ0v) is 5.18. The van der Waals surface area contributed by atoms with Crippen molar-refractivity contribution in [2.45, 2.75) is 13.8 Å². The summed E-state index contributed by atoms with van der Waals surface area (Å²) in [5, 5.41) is 0. The molecule has 8 heavy (non-hydrogen) atoms. The summed E-state index contributed by atoms with van der Waals surface area (Å²) in [6.07, 6.45) is 3.73. The molecular formula is C6H10N2. The van der Waals surface area contributed by atoms with E-state index >= 15 is 0 Å². The third-order valence-corrected chi connectivity index (χ3v) is 1.36. The monoisotopic (exact) mass is 110 g/mol. The van der Waals surface area contributed by atoms with Crippen LogP contribution in [-0.4, -0.2) is 5.84 Å². The SMILES string of the molecule is CC1(C)C=CN=C1N. The minimum atomic E-state index is 0. The Hall–Kier alpha value is -0.790. The molecule has 2 nitrogen and oxygen atoms in total. The number of amidine groups is 1. The molecule has 1 aliphatic rings. The normalized spacial score (nSPS) is 23.5. The Morgan fingerprint density at radius 1 is 1.62 bits per heavy atom. The van der Waals surface area contributed by atoms with Crippen LogP contribution in [0.4, 0.5) is 0 Å². The fraction of sp³-hybridized carbons (Fsp3) is 0.500. The molecule has 0 fully saturated rings. The van der Waals surface area contributed by atoms with Gasteiger partial charge in [0, 0.05) is 11.6 Å². The first-order valence-electron chi connectivity index (χ1n) is 2.64. The Balaban J connectivity index is 2.87. The highest BCUT2D eigenvalue weighted by atomic mass is 14.9. The molecule has 1 aliphatic heterocycles. The fourth-order valence-electron chi connectivity index (χ4n) is 0.556. The third-order valence-electron chi connectivity index (χ3n) is 1.36. The highest BCUT2D eigenvalue weighted by Gasteiger charge is 2.21. The van der Waals surface area contributed by atoms with Crippen LogP contribution in [0.3, 0.4) is 0 Å². The number of aliphatic imine (C=N–C) groups is 1. The number of nitrogens with two attached hydrogens (primary N) is 1. The van der Waals surface area contributed by atoms with Gasteiger partial charge in [-0.3, -0.25) is 0 Å². The van der Waals surface area contributed by atoms with Crippen molar-refractivity contribution in [3.05, 3.63) is 12.3 Å². The van der Waals surface area contributed by atoms with E-state index in [1.807, 2.05) is 19.9 Å². The lowest BCUT2D eigenvalue weighted by molar-refractivity contribution is 0.682. The maximum atomic E-state index is 5.50. The zero-order chi connectivity index (χ0) is 6.20. The van der Waals surface area contributed by atoms with E-state index in [1.54, 1.807) is 6.20 Å². The number of hydrogen-bond donors (Lipinski definition) is 1. The molecule has 44 valence electrons. The van der Waals surface area contributed by atoms with Crippen molar-refractivity contribution >= 4 is 5.84 Å². The Morgan fingerprint density at radius 3 is 2.38 bits per heavy atom. The highest BCUT2D eigenvalue weighted by Crippen LogP contribution is 2.21. The van der Waals surface area contributed by atoms with Gasteiger partial charge in [0.1, 0.15) is 5.84 Å².